The Hall–Kier alpha value is -1.32. The summed E-state index contributed by atoms with van der Waals surface area (Å²) in [6.45, 7) is 3.11. The first kappa shape index (κ1) is 27.3. The van der Waals surface area contributed by atoms with Crippen molar-refractivity contribution in [1.29, 1.82) is 0 Å². The number of carbonyl (C=O) groups is 2. The molecule has 13 heteroatoms. The van der Waals surface area contributed by atoms with Crippen molar-refractivity contribution in [2.75, 3.05) is 59.4 Å². The molecule has 210 valence electrons. The van der Waals surface area contributed by atoms with Crippen molar-refractivity contribution in [3.8, 4) is 0 Å². The number of likely N-dealkylation sites (tertiary alicyclic amines) is 2. The van der Waals surface area contributed by atoms with Gasteiger partial charge in [-0.05, 0) is 25.9 Å². The number of Topliss-reactive ketones (excluding diaryl/α,β-unsaturated/α-hetero) is 1. The Labute approximate surface area is 217 Å². The van der Waals surface area contributed by atoms with Gasteiger partial charge in [-0.25, -0.2) is 19.2 Å². The second-order valence-electron chi connectivity index (χ2n) is 11.8. The van der Waals surface area contributed by atoms with Crippen LogP contribution in [0.2, 0.25) is 0 Å². The molecule has 0 aliphatic carbocycles. The zero-order chi connectivity index (χ0) is 26.3. The maximum atomic E-state index is 15.3. The monoisotopic (exact) mass is 528 g/mol. The first-order chi connectivity index (χ1) is 17.6. The molecule has 5 fully saturated rings. The number of hydrazine groups is 1. The van der Waals surface area contributed by atoms with Crippen LogP contribution in [-0.2, 0) is 9.59 Å². The van der Waals surface area contributed by atoms with E-state index in [2.05, 4.69) is 26.3 Å². The molecule has 5 aliphatic heterocycles. The minimum atomic E-state index is -1.16. The molecule has 0 aromatic carbocycles. The smallest absolute Gasteiger partial charge is 0.229 e. The van der Waals surface area contributed by atoms with Crippen LogP contribution in [0.15, 0.2) is 0 Å². The van der Waals surface area contributed by atoms with E-state index in [-0.39, 0.29) is 47.8 Å². The van der Waals surface area contributed by atoms with Crippen molar-refractivity contribution < 1.29 is 23.0 Å². The predicted octanol–water partition coefficient (Wildman–Crippen LogP) is -1.59. The van der Waals surface area contributed by atoms with Crippen LogP contribution < -0.4 is 27.1 Å². The molecule has 5 rings (SSSR count). The van der Waals surface area contributed by atoms with Gasteiger partial charge >= 0.3 is 0 Å². The van der Waals surface area contributed by atoms with E-state index in [0.29, 0.717) is 58.4 Å². The number of halogens is 2. The van der Waals surface area contributed by atoms with Crippen molar-refractivity contribution in [1.82, 2.24) is 31.3 Å². The molecule has 6 N–H and O–H groups in total. The number of hydroxylamine groups is 3. The van der Waals surface area contributed by atoms with Crippen LogP contribution in [0.5, 0.6) is 0 Å². The first-order valence-electron chi connectivity index (χ1n) is 13.8. The summed E-state index contributed by atoms with van der Waals surface area (Å²) in [4.78, 5) is 28.5. The maximum absolute atomic E-state index is 15.3. The maximum Gasteiger partial charge on any atom is 0.229 e. The number of nitrogens with zero attached hydrogens (tertiary/aromatic N) is 3. The molecule has 5 heterocycles. The molecule has 0 spiro atoms. The molecule has 7 atom stereocenters. The van der Waals surface area contributed by atoms with Gasteiger partial charge in [0, 0.05) is 50.9 Å². The molecule has 0 aromatic rings. The number of nitrogens with two attached hydrogens (primary N) is 1. The van der Waals surface area contributed by atoms with E-state index in [1.807, 2.05) is 0 Å². The second kappa shape index (κ2) is 11.0. The number of amides is 1. The van der Waals surface area contributed by atoms with E-state index in [4.69, 9.17) is 5.73 Å². The highest BCUT2D eigenvalue weighted by molar-refractivity contribution is 5.83. The molecule has 0 aromatic heterocycles. The van der Waals surface area contributed by atoms with Gasteiger partial charge in [-0.15, -0.1) is 0 Å². The number of hydrogen-bond donors (Lipinski definition) is 5. The van der Waals surface area contributed by atoms with Crippen molar-refractivity contribution in [3.05, 3.63) is 5.21 Å². The van der Waals surface area contributed by atoms with Crippen molar-refractivity contribution in [3.63, 3.8) is 0 Å². The Morgan fingerprint density at radius 2 is 1.73 bits per heavy atom. The van der Waals surface area contributed by atoms with E-state index in [9.17, 15) is 19.2 Å². The number of piperidine rings is 3. The quantitative estimate of drug-likeness (QED) is 0.211. The molecule has 0 saturated carbocycles. The van der Waals surface area contributed by atoms with Gasteiger partial charge in [-0.2, -0.15) is 0 Å². The first-order valence-corrected chi connectivity index (χ1v) is 13.8. The van der Waals surface area contributed by atoms with Crippen LogP contribution in [0.4, 0.5) is 8.78 Å². The van der Waals surface area contributed by atoms with Crippen LogP contribution >= 0.6 is 0 Å². The van der Waals surface area contributed by atoms with E-state index in [1.165, 1.54) is 0 Å². The van der Waals surface area contributed by atoms with Gasteiger partial charge < -0.3 is 26.2 Å². The Morgan fingerprint density at radius 1 is 1.05 bits per heavy atom. The summed E-state index contributed by atoms with van der Waals surface area (Å²) in [6, 6.07) is -0.946. The molecule has 0 radical (unpaired) electrons. The standard InChI is InChI=1S/C24H42F2N8O3/c1-34(37)8-4-15(5-9-34)21(35)14-2-6-32(7-3-14)20-17(26)11-28-12-18(20)30-24(36)19-22(27)31-33-13-16(25)10-29-23(19)33/h14-20,22-23,28-29,31H,2-13,27H2,1H3,(H,30,36). The zero-order valence-corrected chi connectivity index (χ0v) is 21.6. The third kappa shape index (κ3) is 5.83. The van der Waals surface area contributed by atoms with Gasteiger partial charge in [0.25, 0.3) is 0 Å². The molecule has 1 amide bonds. The minimum Gasteiger partial charge on any atom is -0.633 e. The predicted molar refractivity (Wildman–Crippen MR) is 133 cm³/mol. The number of carbonyl (C=O) groups excluding carboxylic acids is 2. The number of ketones is 1. The summed E-state index contributed by atoms with van der Waals surface area (Å²) in [5, 5.41) is 22.9. The van der Waals surface area contributed by atoms with Crippen LogP contribution in [0.25, 0.3) is 0 Å². The number of nitrogens with one attached hydrogen (secondary N) is 4. The van der Waals surface area contributed by atoms with E-state index in [0.717, 1.165) is 0 Å². The van der Waals surface area contributed by atoms with Crippen molar-refractivity contribution in [2.45, 2.75) is 62.4 Å². The SMILES string of the molecule is C[N+]1([O-])CCC(C(=O)C2CCN(C3C(F)CNCC3NC(=O)C3C(N)NN4CC(F)CNC34)CC2)CC1. The van der Waals surface area contributed by atoms with Gasteiger partial charge in [-0.1, -0.05) is 0 Å². The molecule has 7 unspecified atom stereocenters. The number of hydrogen-bond acceptors (Lipinski definition) is 9. The average molecular weight is 529 g/mol. The Balaban J connectivity index is 1.18. The third-order valence-corrected chi connectivity index (χ3v) is 9.09. The summed E-state index contributed by atoms with van der Waals surface area (Å²) in [5.74, 6) is -0.755. The summed E-state index contributed by atoms with van der Waals surface area (Å²) in [5.41, 5.74) is 9.17. The number of alkyl halides is 2. The fourth-order valence-corrected chi connectivity index (χ4v) is 6.96. The highest BCUT2D eigenvalue weighted by Gasteiger charge is 2.49. The molecule has 37 heavy (non-hydrogen) atoms. The van der Waals surface area contributed by atoms with Crippen LogP contribution in [-0.4, -0.2) is 122 Å². The lowest BCUT2D eigenvalue weighted by Crippen LogP contribution is -2.67. The van der Waals surface area contributed by atoms with Gasteiger partial charge in [0.15, 0.2) is 0 Å². The Kier molecular flexibility index (Phi) is 8.14. The Morgan fingerprint density at radius 3 is 2.43 bits per heavy atom. The summed E-state index contributed by atoms with van der Waals surface area (Å²) < 4.78 is 28.8. The molecular formula is C24H42F2N8O3. The van der Waals surface area contributed by atoms with Gasteiger partial charge in [-0.3, -0.25) is 19.8 Å². The number of fused-ring (bicyclic) bond motifs is 1. The summed E-state index contributed by atoms with van der Waals surface area (Å²) in [6.07, 6.45) is -0.675. The van der Waals surface area contributed by atoms with Gasteiger partial charge in [0.2, 0.25) is 5.91 Å². The van der Waals surface area contributed by atoms with Crippen molar-refractivity contribution >= 4 is 11.7 Å². The lowest BCUT2D eigenvalue weighted by atomic mass is 9.80. The van der Waals surface area contributed by atoms with Gasteiger partial charge in [0.05, 0.1) is 50.5 Å². The largest absolute Gasteiger partial charge is 0.633 e. The second-order valence-corrected chi connectivity index (χ2v) is 11.8. The van der Waals surface area contributed by atoms with E-state index in [1.54, 1.807) is 12.1 Å². The molecule has 0 bridgehead atoms. The fourth-order valence-electron chi connectivity index (χ4n) is 6.96. The van der Waals surface area contributed by atoms with E-state index < -0.39 is 42.7 Å². The average Bonchev–Trinajstić information content (AvgIpc) is 3.18. The molecule has 11 nitrogen and oxygen atoms in total. The lowest BCUT2D eigenvalue weighted by Gasteiger charge is -2.46. The van der Waals surface area contributed by atoms with Crippen LogP contribution in [0, 0.1) is 23.0 Å². The van der Waals surface area contributed by atoms with Crippen molar-refractivity contribution in [2.24, 2.45) is 23.5 Å². The van der Waals surface area contributed by atoms with Gasteiger partial charge in [0.1, 0.15) is 18.1 Å². The molecular weight excluding hydrogens is 486 g/mol. The zero-order valence-electron chi connectivity index (χ0n) is 21.6. The summed E-state index contributed by atoms with van der Waals surface area (Å²) in [7, 11) is 1.67. The Bertz CT molecular complexity index is 835. The highest BCUT2D eigenvalue weighted by Crippen LogP contribution is 2.31. The number of quaternary nitrogens is 1. The normalized spacial score (nSPS) is 44.4. The summed E-state index contributed by atoms with van der Waals surface area (Å²) >= 11 is 0. The van der Waals surface area contributed by atoms with E-state index >= 15 is 4.39 Å². The highest BCUT2D eigenvalue weighted by atomic mass is 19.1. The third-order valence-electron chi connectivity index (χ3n) is 9.09. The molecule has 5 saturated heterocycles. The minimum absolute atomic E-state index is 0.0404. The topological polar surface area (TPSA) is 138 Å². The lowest BCUT2D eigenvalue weighted by molar-refractivity contribution is -0.866. The molecule has 5 aliphatic rings. The fraction of sp³-hybridized carbons (Fsp3) is 0.917. The van der Waals surface area contributed by atoms with Crippen LogP contribution in [0.1, 0.15) is 25.7 Å². The van der Waals surface area contributed by atoms with Crippen LogP contribution in [0.3, 0.4) is 0 Å². The number of rotatable bonds is 5.